The van der Waals surface area contributed by atoms with E-state index in [1.54, 1.807) is 0 Å². The van der Waals surface area contributed by atoms with Gasteiger partial charge in [-0.1, -0.05) is 39.9 Å². The second kappa shape index (κ2) is 5.34. The van der Waals surface area contributed by atoms with Crippen LogP contribution in [0.25, 0.3) is 0 Å². The van der Waals surface area contributed by atoms with E-state index in [0.29, 0.717) is 22.7 Å². The lowest BCUT2D eigenvalue weighted by molar-refractivity contribution is -0.124. The van der Waals surface area contributed by atoms with Crippen LogP contribution in [0.3, 0.4) is 0 Å². The zero-order valence-electron chi connectivity index (χ0n) is 11.2. The fourth-order valence-electron chi connectivity index (χ4n) is 2.33. The number of nitrogens with one attached hydrogen (secondary N) is 1. The summed E-state index contributed by atoms with van der Waals surface area (Å²) in [6, 6.07) is 0. The molecule has 0 aromatic heterocycles. The smallest absolute Gasteiger partial charge is 0.233 e. The standard InChI is InChI=1S/C13H24N2OS/c1-8(2)10(9(3)4)7-15-12(16)13(5-6-13)11(14)17/h8-10H,5-7H2,1-4H3,(H2,14,17)(H,15,16). The summed E-state index contributed by atoms with van der Waals surface area (Å²) in [5.74, 6) is 1.66. The molecule has 0 saturated heterocycles. The van der Waals surface area contributed by atoms with Gasteiger partial charge in [-0.25, -0.2) is 0 Å². The Hall–Kier alpha value is -0.640. The van der Waals surface area contributed by atoms with E-state index in [0.717, 1.165) is 19.4 Å². The summed E-state index contributed by atoms with van der Waals surface area (Å²) in [6.45, 7) is 9.49. The van der Waals surface area contributed by atoms with Gasteiger partial charge in [0.2, 0.25) is 5.91 Å². The van der Waals surface area contributed by atoms with E-state index >= 15 is 0 Å². The summed E-state index contributed by atoms with van der Waals surface area (Å²) in [5.41, 5.74) is 5.11. The summed E-state index contributed by atoms with van der Waals surface area (Å²) >= 11 is 4.97. The molecule has 4 heteroatoms. The number of rotatable bonds is 6. The highest BCUT2D eigenvalue weighted by molar-refractivity contribution is 7.80. The minimum absolute atomic E-state index is 0.0244. The minimum Gasteiger partial charge on any atom is -0.392 e. The number of amides is 1. The van der Waals surface area contributed by atoms with Gasteiger partial charge in [0, 0.05) is 6.54 Å². The molecule has 0 bridgehead atoms. The molecule has 3 N–H and O–H groups in total. The van der Waals surface area contributed by atoms with E-state index in [1.165, 1.54) is 0 Å². The van der Waals surface area contributed by atoms with Crippen LogP contribution in [-0.2, 0) is 4.79 Å². The highest BCUT2D eigenvalue weighted by Crippen LogP contribution is 2.46. The summed E-state index contributed by atoms with van der Waals surface area (Å²) in [5, 5.41) is 3.02. The maximum atomic E-state index is 12.0. The van der Waals surface area contributed by atoms with Crippen molar-refractivity contribution in [1.82, 2.24) is 5.32 Å². The molecule has 1 saturated carbocycles. The van der Waals surface area contributed by atoms with Crippen molar-refractivity contribution in [2.24, 2.45) is 28.9 Å². The molecule has 1 fully saturated rings. The van der Waals surface area contributed by atoms with Crippen LogP contribution in [0.4, 0.5) is 0 Å². The van der Waals surface area contributed by atoms with E-state index < -0.39 is 5.41 Å². The van der Waals surface area contributed by atoms with Gasteiger partial charge in [-0.05, 0) is 30.6 Å². The molecule has 1 aliphatic carbocycles. The van der Waals surface area contributed by atoms with Gasteiger partial charge >= 0.3 is 0 Å². The Balaban J connectivity index is 2.50. The van der Waals surface area contributed by atoms with Crippen molar-refractivity contribution in [3.8, 4) is 0 Å². The first kappa shape index (κ1) is 14.4. The second-order valence-corrected chi connectivity index (χ2v) is 6.25. The Morgan fingerprint density at radius 1 is 1.29 bits per heavy atom. The van der Waals surface area contributed by atoms with Gasteiger partial charge < -0.3 is 11.1 Å². The van der Waals surface area contributed by atoms with E-state index in [-0.39, 0.29) is 5.91 Å². The Morgan fingerprint density at radius 3 is 2.06 bits per heavy atom. The first-order chi connectivity index (χ1) is 7.81. The van der Waals surface area contributed by atoms with Crippen LogP contribution in [0.2, 0.25) is 0 Å². The molecule has 1 aliphatic rings. The number of carbonyl (C=O) groups excluding carboxylic acids is 1. The van der Waals surface area contributed by atoms with Crippen LogP contribution in [0.15, 0.2) is 0 Å². The lowest BCUT2D eigenvalue weighted by atomic mass is 9.85. The molecule has 1 rings (SSSR count). The number of hydrogen-bond acceptors (Lipinski definition) is 2. The van der Waals surface area contributed by atoms with E-state index in [4.69, 9.17) is 18.0 Å². The number of nitrogens with two attached hydrogens (primary N) is 1. The van der Waals surface area contributed by atoms with Crippen LogP contribution in [0.1, 0.15) is 40.5 Å². The molecule has 17 heavy (non-hydrogen) atoms. The Morgan fingerprint density at radius 2 is 1.76 bits per heavy atom. The largest absolute Gasteiger partial charge is 0.392 e. The maximum Gasteiger partial charge on any atom is 0.233 e. The van der Waals surface area contributed by atoms with Crippen molar-refractivity contribution < 1.29 is 4.79 Å². The maximum absolute atomic E-state index is 12.0. The fraction of sp³-hybridized carbons (Fsp3) is 0.846. The average molecular weight is 256 g/mol. The minimum atomic E-state index is -0.520. The molecule has 1 amide bonds. The van der Waals surface area contributed by atoms with Crippen molar-refractivity contribution in [2.45, 2.75) is 40.5 Å². The SMILES string of the molecule is CC(C)C(CNC(=O)C1(C(N)=S)CC1)C(C)C. The van der Waals surface area contributed by atoms with Crippen LogP contribution in [0, 0.1) is 23.2 Å². The molecular formula is C13H24N2OS. The zero-order valence-corrected chi connectivity index (χ0v) is 12.1. The van der Waals surface area contributed by atoms with E-state index in [2.05, 4.69) is 33.0 Å². The van der Waals surface area contributed by atoms with Crippen LogP contribution >= 0.6 is 12.2 Å². The molecule has 0 spiro atoms. The van der Waals surface area contributed by atoms with Crippen LogP contribution in [-0.4, -0.2) is 17.4 Å². The Kier molecular flexibility index (Phi) is 4.53. The van der Waals surface area contributed by atoms with Crippen LogP contribution in [0.5, 0.6) is 0 Å². The van der Waals surface area contributed by atoms with Gasteiger partial charge in [-0.2, -0.15) is 0 Å². The molecule has 0 heterocycles. The van der Waals surface area contributed by atoms with E-state index in [1.807, 2.05) is 0 Å². The topological polar surface area (TPSA) is 55.1 Å². The normalized spacial score (nSPS) is 17.6. The average Bonchev–Trinajstić information content (AvgIpc) is 2.96. The first-order valence-electron chi connectivity index (χ1n) is 6.39. The second-order valence-electron chi connectivity index (χ2n) is 5.81. The number of carbonyl (C=O) groups is 1. The summed E-state index contributed by atoms with van der Waals surface area (Å²) < 4.78 is 0. The van der Waals surface area contributed by atoms with Crippen molar-refractivity contribution in [3.05, 3.63) is 0 Å². The summed E-state index contributed by atoms with van der Waals surface area (Å²) in [6.07, 6.45) is 1.62. The lowest BCUT2D eigenvalue weighted by Crippen LogP contribution is -2.42. The number of thiocarbonyl (C=S) groups is 1. The molecular weight excluding hydrogens is 232 g/mol. The highest BCUT2D eigenvalue weighted by atomic mass is 32.1. The van der Waals surface area contributed by atoms with Crippen molar-refractivity contribution in [3.63, 3.8) is 0 Å². The first-order valence-corrected chi connectivity index (χ1v) is 6.80. The molecule has 0 aliphatic heterocycles. The highest BCUT2D eigenvalue weighted by Gasteiger charge is 2.52. The van der Waals surface area contributed by atoms with Gasteiger partial charge in [0.25, 0.3) is 0 Å². The lowest BCUT2D eigenvalue weighted by Gasteiger charge is -2.26. The molecule has 0 unspecified atom stereocenters. The third-order valence-corrected chi connectivity index (χ3v) is 4.26. The molecule has 3 nitrogen and oxygen atoms in total. The van der Waals surface area contributed by atoms with Gasteiger partial charge in [0.15, 0.2) is 0 Å². The van der Waals surface area contributed by atoms with Gasteiger partial charge in [-0.3, -0.25) is 4.79 Å². The predicted octanol–water partition coefficient (Wildman–Crippen LogP) is 2.10. The summed E-state index contributed by atoms with van der Waals surface area (Å²) in [4.78, 5) is 12.4. The van der Waals surface area contributed by atoms with Crippen molar-refractivity contribution in [1.29, 1.82) is 0 Å². The Bertz CT molecular complexity index is 301. The third-order valence-electron chi connectivity index (χ3n) is 3.87. The summed E-state index contributed by atoms with van der Waals surface area (Å²) in [7, 11) is 0. The third kappa shape index (κ3) is 3.18. The van der Waals surface area contributed by atoms with Gasteiger partial charge in [0.05, 0.1) is 10.4 Å². The monoisotopic (exact) mass is 256 g/mol. The molecule has 0 atom stereocenters. The van der Waals surface area contributed by atoms with Crippen LogP contribution < -0.4 is 11.1 Å². The molecule has 0 radical (unpaired) electrons. The molecule has 0 aromatic rings. The number of hydrogen-bond donors (Lipinski definition) is 2. The predicted molar refractivity (Wildman–Crippen MR) is 74.6 cm³/mol. The zero-order chi connectivity index (χ0) is 13.2. The van der Waals surface area contributed by atoms with Crippen molar-refractivity contribution >= 4 is 23.1 Å². The molecule has 98 valence electrons. The van der Waals surface area contributed by atoms with Crippen molar-refractivity contribution in [2.75, 3.05) is 6.54 Å². The Labute approximate surface area is 110 Å². The van der Waals surface area contributed by atoms with E-state index in [9.17, 15) is 4.79 Å². The van der Waals surface area contributed by atoms with Gasteiger partial charge in [0.1, 0.15) is 0 Å². The van der Waals surface area contributed by atoms with Gasteiger partial charge in [-0.15, -0.1) is 0 Å². The quantitative estimate of drug-likeness (QED) is 0.716. The molecule has 0 aromatic carbocycles. The fourth-order valence-corrected chi connectivity index (χ4v) is 2.63.